The maximum Gasteiger partial charge on any atom is 0.198 e. The standard InChI is InChI=1S/C20H16N2S/c1-12-2-4-13(5-3-12)20-16-8-6-14(21)10-18(16)23-19-11-15(22)7-9-17(19)20/h2-11,21H,22H2,1H3/p+1. The second-order valence-corrected chi connectivity index (χ2v) is 6.94. The van der Waals surface area contributed by atoms with E-state index in [0.29, 0.717) is 0 Å². The topological polar surface area (TPSA) is 51.6 Å². The summed E-state index contributed by atoms with van der Waals surface area (Å²) in [5.41, 5.74) is 11.7. The van der Waals surface area contributed by atoms with Crippen molar-refractivity contribution in [3.05, 3.63) is 71.6 Å². The Morgan fingerprint density at radius 2 is 1.70 bits per heavy atom. The van der Waals surface area contributed by atoms with Crippen LogP contribution in [0.5, 0.6) is 0 Å². The average Bonchev–Trinajstić information content (AvgIpc) is 2.53. The Hall–Kier alpha value is -2.65. The third-order valence-corrected chi connectivity index (χ3v) is 5.23. The molecule has 0 unspecified atom stereocenters. The van der Waals surface area contributed by atoms with Gasteiger partial charge in [0.1, 0.15) is 0 Å². The molecule has 4 N–H and O–H groups in total. The minimum Gasteiger partial charge on any atom is -0.399 e. The van der Waals surface area contributed by atoms with Crippen LogP contribution in [0.3, 0.4) is 0 Å². The first-order chi connectivity index (χ1) is 11.1. The lowest BCUT2D eigenvalue weighted by Gasteiger charge is -2.15. The number of fused-ring (bicyclic) bond motifs is 2. The highest BCUT2D eigenvalue weighted by Crippen LogP contribution is 2.43. The summed E-state index contributed by atoms with van der Waals surface area (Å²) in [7, 11) is 0. The maximum atomic E-state index is 5.99. The average molecular weight is 317 g/mol. The molecule has 1 heterocycles. The van der Waals surface area contributed by atoms with Crippen LogP contribution in [0.1, 0.15) is 5.56 Å². The highest BCUT2D eigenvalue weighted by Gasteiger charge is 2.15. The Kier molecular flexibility index (Phi) is 3.17. The molecule has 3 heteroatoms. The lowest BCUT2D eigenvalue weighted by molar-refractivity contribution is -0.172. The van der Waals surface area contributed by atoms with E-state index in [1.807, 2.05) is 24.3 Å². The monoisotopic (exact) mass is 317 g/mol. The number of hydrogen-bond acceptors (Lipinski definition) is 2. The molecule has 2 aromatic rings. The number of anilines is 1. The second kappa shape index (κ2) is 5.21. The predicted molar refractivity (Wildman–Crippen MR) is 98.1 cm³/mol. The molecule has 1 aliphatic heterocycles. The van der Waals surface area contributed by atoms with Crippen LogP contribution in [0, 0.1) is 6.92 Å². The molecule has 0 atom stereocenters. The van der Waals surface area contributed by atoms with Gasteiger partial charge in [-0.2, -0.15) is 0 Å². The molecule has 0 bridgehead atoms. The normalized spacial score (nSPS) is 11.2. The Labute approximate surface area is 138 Å². The molecule has 0 spiro atoms. The van der Waals surface area contributed by atoms with Crippen LogP contribution in [-0.2, 0) is 0 Å². The van der Waals surface area contributed by atoms with Gasteiger partial charge in [-0.1, -0.05) is 35.9 Å². The summed E-state index contributed by atoms with van der Waals surface area (Å²) in [4.78, 5) is 1.18. The Morgan fingerprint density at radius 1 is 0.913 bits per heavy atom. The van der Waals surface area contributed by atoms with Gasteiger partial charge in [0.2, 0.25) is 0 Å². The van der Waals surface area contributed by atoms with Gasteiger partial charge < -0.3 is 5.73 Å². The van der Waals surface area contributed by atoms with E-state index in [0.717, 1.165) is 11.0 Å². The van der Waals surface area contributed by atoms with Gasteiger partial charge in [0.05, 0.1) is 0 Å². The zero-order valence-electron chi connectivity index (χ0n) is 12.8. The van der Waals surface area contributed by atoms with E-state index in [1.165, 1.54) is 37.2 Å². The van der Waals surface area contributed by atoms with Gasteiger partial charge in [0, 0.05) is 38.3 Å². The van der Waals surface area contributed by atoms with Crippen LogP contribution in [0.15, 0.2) is 60.7 Å². The molecular weight excluding hydrogens is 300 g/mol. The molecule has 2 nitrogen and oxygen atoms in total. The summed E-state index contributed by atoms with van der Waals surface area (Å²) in [6, 6.07) is 20.9. The van der Waals surface area contributed by atoms with Crippen molar-refractivity contribution in [2.24, 2.45) is 0 Å². The zero-order valence-corrected chi connectivity index (χ0v) is 13.7. The molecule has 0 fully saturated rings. The molecule has 0 saturated heterocycles. The highest BCUT2D eigenvalue weighted by molar-refractivity contribution is 7.21. The van der Waals surface area contributed by atoms with Crippen molar-refractivity contribution in [2.75, 3.05) is 5.73 Å². The smallest absolute Gasteiger partial charge is 0.198 e. The zero-order chi connectivity index (χ0) is 16.0. The fraction of sp³-hybridized carbons (Fsp3) is 0.0500. The van der Waals surface area contributed by atoms with Crippen LogP contribution in [-0.4, -0.2) is 0 Å². The summed E-state index contributed by atoms with van der Waals surface area (Å²) >= 11 is 1.73. The van der Waals surface area contributed by atoms with Gasteiger partial charge in [-0.25, -0.2) is 0 Å². The van der Waals surface area contributed by atoms with E-state index in [4.69, 9.17) is 11.1 Å². The lowest BCUT2D eigenvalue weighted by atomic mass is 9.95. The van der Waals surface area contributed by atoms with E-state index in [9.17, 15) is 0 Å². The van der Waals surface area contributed by atoms with Crippen LogP contribution in [0.2, 0.25) is 0 Å². The van der Waals surface area contributed by atoms with E-state index >= 15 is 0 Å². The van der Waals surface area contributed by atoms with Crippen molar-refractivity contribution in [1.29, 1.82) is 0 Å². The van der Waals surface area contributed by atoms with Crippen LogP contribution >= 0.6 is 11.3 Å². The van der Waals surface area contributed by atoms with Crippen molar-refractivity contribution in [2.45, 2.75) is 6.92 Å². The largest absolute Gasteiger partial charge is 0.399 e. The molecule has 0 radical (unpaired) electrons. The first-order valence-corrected chi connectivity index (χ1v) is 8.35. The third-order valence-electron chi connectivity index (χ3n) is 4.11. The molecule has 2 aliphatic rings. The first kappa shape index (κ1) is 14.0. The van der Waals surface area contributed by atoms with Gasteiger partial charge in [0.25, 0.3) is 0 Å². The minimum absolute atomic E-state index is 0.784. The van der Waals surface area contributed by atoms with Crippen molar-refractivity contribution in [3.8, 4) is 21.6 Å². The summed E-state index contributed by atoms with van der Waals surface area (Å²) in [6.07, 6.45) is 0. The number of aryl methyl sites for hydroxylation is 1. The summed E-state index contributed by atoms with van der Waals surface area (Å²) in [6.45, 7) is 2.11. The SMILES string of the molecule is Cc1ccc(-c2c3ccc(=[NH2+])cc-3sc3cc(N)ccc23)cc1. The third kappa shape index (κ3) is 2.39. The number of hydrogen-bond donors (Lipinski definition) is 2. The molecular formula is C20H17N2S+. The fourth-order valence-electron chi connectivity index (χ4n) is 2.95. The van der Waals surface area contributed by atoms with Crippen molar-refractivity contribution < 1.29 is 5.41 Å². The maximum absolute atomic E-state index is 5.99. The van der Waals surface area contributed by atoms with Gasteiger partial charge in [0.15, 0.2) is 5.36 Å². The Bertz CT molecular complexity index is 1050. The van der Waals surface area contributed by atoms with Gasteiger partial charge in [-0.05, 0) is 36.2 Å². The second-order valence-electron chi connectivity index (χ2n) is 5.85. The van der Waals surface area contributed by atoms with E-state index < -0.39 is 0 Å². The molecule has 1 aliphatic carbocycles. The first-order valence-electron chi connectivity index (χ1n) is 7.53. The lowest BCUT2D eigenvalue weighted by Crippen LogP contribution is -2.44. The van der Waals surface area contributed by atoms with Crippen LogP contribution in [0.4, 0.5) is 5.69 Å². The molecule has 0 amide bonds. The van der Waals surface area contributed by atoms with Gasteiger partial charge >= 0.3 is 0 Å². The Balaban J connectivity index is 2.17. The fourth-order valence-corrected chi connectivity index (χ4v) is 4.14. The molecule has 4 rings (SSSR count). The highest BCUT2D eigenvalue weighted by atomic mass is 32.1. The molecule has 0 aromatic heterocycles. The van der Waals surface area contributed by atoms with Crippen molar-refractivity contribution in [3.63, 3.8) is 0 Å². The van der Waals surface area contributed by atoms with Crippen molar-refractivity contribution in [1.82, 2.24) is 0 Å². The minimum atomic E-state index is 0.784. The molecule has 112 valence electrons. The molecule has 0 saturated carbocycles. The summed E-state index contributed by atoms with van der Waals surface area (Å²) < 4.78 is 1.18. The predicted octanol–water partition coefficient (Wildman–Crippen LogP) is 3.22. The summed E-state index contributed by atoms with van der Waals surface area (Å²) in [5.74, 6) is 0. The van der Waals surface area contributed by atoms with E-state index in [-0.39, 0.29) is 0 Å². The number of nitrogens with two attached hydrogens (primary N) is 2. The Morgan fingerprint density at radius 3 is 2.48 bits per heavy atom. The summed E-state index contributed by atoms with van der Waals surface area (Å²) in [5, 5.41) is 8.00. The van der Waals surface area contributed by atoms with E-state index in [1.54, 1.807) is 11.3 Å². The van der Waals surface area contributed by atoms with E-state index in [2.05, 4.69) is 43.3 Å². The number of benzene rings is 3. The van der Waals surface area contributed by atoms with Crippen molar-refractivity contribution >= 4 is 27.1 Å². The van der Waals surface area contributed by atoms with Crippen LogP contribution < -0.4 is 16.5 Å². The number of rotatable bonds is 1. The van der Waals surface area contributed by atoms with Gasteiger partial charge in [-0.3, -0.25) is 5.41 Å². The van der Waals surface area contributed by atoms with Gasteiger partial charge in [-0.15, -0.1) is 11.3 Å². The quantitative estimate of drug-likeness (QED) is 0.411. The molecule has 2 aromatic carbocycles. The molecule has 23 heavy (non-hydrogen) atoms. The number of nitrogen functional groups attached to an aromatic ring is 1. The van der Waals surface area contributed by atoms with Crippen LogP contribution in [0.25, 0.3) is 31.7 Å².